The average Bonchev–Trinajstić information content (AvgIpc) is 2.63. The summed E-state index contributed by atoms with van der Waals surface area (Å²) in [5.74, 6) is 0.0299. The van der Waals surface area contributed by atoms with Crippen molar-refractivity contribution in [2.24, 2.45) is 7.05 Å². The summed E-state index contributed by atoms with van der Waals surface area (Å²) >= 11 is 0. The van der Waals surface area contributed by atoms with Gasteiger partial charge in [-0.25, -0.2) is 14.2 Å². The maximum Gasteiger partial charge on any atom is 0.332 e. The fourth-order valence-corrected chi connectivity index (χ4v) is 2.63. The van der Waals surface area contributed by atoms with Gasteiger partial charge in [0.25, 0.3) is 5.56 Å². The third-order valence-corrected chi connectivity index (χ3v) is 3.90. The molecular formula is C18H18FN3O3. The number of hydrogen-bond acceptors (Lipinski definition) is 4. The summed E-state index contributed by atoms with van der Waals surface area (Å²) in [7, 11) is 1.56. The third kappa shape index (κ3) is 3.17. The predicted octanol–water partition coefficient (Wildman–Crippen LogP) is 2.07. The van der Waals surface area contributed by atoms with Crippen LogP contribution >= 0.6 is 0 Å². The minimum absolute atomic E-state index is 0.0455. The lowest BCUT2D eigenvalue weighted by molar-refractivity contribution is 0.320. The summed E-state index contributed by atoms with van der Waals surface area (Å²) in [5, 5.41) is 0.264. The maximum atomic E-state index is 13.1. The van der Waals surface area contributed by atoms with Gasteiger partial charge < -0.3 is 4.74 Å². The van der Waals surface area contributed by atoms with E-state index in [-0.39, 0.29) is 23.4 Å². The van der Waals surface area contributed by atoms with Crippen LogP contribution in [0.15, 0.2) is 46.1 Å². The molecule has 0 unspecified atom stereocenters. The first-order valence-corrected chi connectivity index (χ1v) is 7.98. The number of halogens is 1. The zero-order valence-corrected chi connectivity index (χ0v) is 14.0. The van der Waals surface area contributed by atoms with E-state index in [2.05, 4.69) is 4.98 Å². The van der Waals surface area contributed by atoms with Gasteiger partial charge in [0.05, 0.1) is 13.2 Å². The van der Waals surface area contributed by atoms with Crippen LogP contribution in [0.3, 0.4) is 0 Å². The van der Waals surface area contributed by atoms with E-state index in [9.17, 15) is 14.0 Å². The van der Waals surface area contributed by atoms with Crippen LogP contribution in [0.25, 0.3) is 11.0 Å². The van der Waals surface area contributed by atoms with Gasteiger partial charge in [0, 0.05) is 13.2 Å². The predicted molar refractivity (Wildman–Crippen MR) is 92.5 cm³/mol. The molecule has 0 radical (unpaired) electrons. The number of nitrogens with zero attached hydrogens (tertiary/aromatic N) is 3. The van der Waals surface area contributed by atoms with E-state index in [0.717, 1.165) is 11.0 Å². The fraction of sp³-hybridized carbons (Fsp3) is 0.278. The van der Waals surface area contributed by atoms with E-state index in [0.29, 0.717) is 17.9 Å². The third-order valence-electron chi connectivity index (χ3n) is 3.90. The van der Waals surface area contributed by atoms with Crippen molar-refractivity contribution in [3.63, 3.8) is 0 Å². The fourth-order valence-electron chi connectivity index (χ4n) is 2.63. The second-order valence-electron chi connectivity index (χ2n) is 5.72. The van der Waals surface area contributed by atoms with Crippen molar-refractivity contribution in [2.75, 3.05) is 6.61 Å². The minimum atomic E-state index is -0.484. The van der Waals surface area contributed by atoms with E-state index < -0.39 is 11.2 Å². The molecule has 0 amide bonds. The highest BCUT2D eigenvalue weighted by Gasteiger charge is 2.16. The number of fused-ring (bicyclic) bond motifs is 1. The number of hydrogen-bond donors (Lipinski definition) is 0. The van der Waals surface area contributed by atoms with E-state index in [1.807, 2.05) is 6.92 Å². The Morgan fingerprint density at radius 3 is 2.56 bits per heavy atom. The summed E-state index contributed by atoms with van der Waals surface area (Å²) in [6.45, 7) is 2.47. The number of aromatic nitrogens is 3. The first-order valence-electron chi connectivity index (χ1n) is 7.98. The molecule has 25 heavy (non-hydrogen) atoms. The molecule has 0 N–H and O–H groups in total. The molecule has 0 fully saturated rings. The van der Waals surface area contributed by atoms with E-state index in [4.69, 9.17) is 4.74 Å². The standard InChI is InChI=1S/C18H18FN3O3/c1-3-10-25-14-8-9-20-16-15(14)17(23)22(18(24)21(16)2)11-12-4-6-13(19)7-5-12/h4-9H,3,10-11H2,1-2H3. The molecule has 130 valence electrons. The maximum absolute atomic E-state index is 13.1. The number of rotatable bonds is 5. The first kappa shape index (κ1) is 16.9. The van der Waals surface area contributed by atoms with E-state index in [1.165, 1.54) is 22.9 Å². The van der Waals surface area contributed by atoms with Gasteiger partial charge in [-0.15, -0.1) is 0 Å². The Kier molecular flexibility index (Phi) is 4.65. The molecule has 6 nitrogen and oxygen atoms in total. The van der Waals surface area contributed by atoms with Gasteiger partial charge in [0.2, 0.25) is 0 Å². The molecule has 0 saturated carbocycles. The first-order chi connectivity index (χ1) is 12.0. The van der Waals surface area contributed by atoms with Gasteiger partial charge in [-0.2, -0.15) is 0 Å². The zero-order chi connectivity index (χ0) is 18.0. The number of ether oxygens (including phenoxy) is 1. The number of benzene rings is 1. The van der Waals surface area contributed by atoms with Gasteiger partial charge in [-0.1, -0.05) is 19.1 Å². The average molecular weight is 343 g/mol. The van der Waals surface area contributed by atoms with Gasteiger partial charge >= 0.3 is 5.69 Å². The Morgan fingerprint density at radius 2 is 1.88 bits per heavy atom. The highest BCUT2D eigenvalue weighted by Crippen LogP contribution is 2.19. The topological polar surface area (TPSA) is 66.1 Å². The van der Waals surface area contributed by atoms with E-state index >= 15 is 0 Å². The summed E-state index contributed by atoms with van der Waals surface area (Å²) in [5.41, 5.74) is -0.0255. The normalized spacial score (nSPS) is 11.0. The smallest absolute Gasteiger partial charge is 0.332 e. The van der Waals surface area contributed by atoms with Crippen molar-refractivity contribution in [3.8, 4) is 5.75 Å². The van der Waals surface area contributed by atoms with Crippen LogP contribution < -0.4 is 16.0 Å². The molecule has 2 aromatic heterocycles. The van der Waals surface area contributed by atoms with Crippen LogP contribution in [0.4, 0.5) is 4.39 Å². The van der Waals surface area contributed by atoms with Crippen molar-refractivity contribution in [2.45, 2.75) is 19.9 Å². The van der Waals surface area contributed by atoms with E-state index in [1.54, 1.807) is 25.2 Å². The van der Waals surface area contributed by atoms with Crippen molar-refractivity contribution < 1.29 is 9.13 Å². The van der Waals surface area contributed by atoms with Crippen molar-refractivity contribution in [1.29, 1.82) is 0 Å². The molecule has 2 heterocycles. The molecule has 0 aliphatic heterocycles. The van der Waals surface area contributed by atoms with Crippen molar-refractivity contribution in [1.82, 2.24) is 14.1 Å². The van der Waals surface area contributed by atoms with Gasteiger partial charge in [0.1, 0.15) is 17.0 Å². The van der Waals surface area contributed by atoms with Crippen LogP contribution in [0.1, 0.15) is 18.9 Å². The van der Waals surface area contributed by atoms with Gasteiger partial charge in [-0.05, 0) is 30.2 Å². The second-order valence-corrected chi connectivity index (χ2v) is 5.72. The molecule has 0 bridgehead atoms. The Morgan fingerprint density at radius 1 is 1.16 bits per heavy atom. The molecule has 0 saturated heterocycles. The molecule has 1 aromatic carbocycles. The Hall–Kier alpha value is -2.96. The minimum Gasteiger partial charge on any atom is -0.493 e. The van der Waals surface area contributed by atoms with Crippen LogP contribution in [0, 0.1) is 5.82 Å². The SMILES string of the molecule is CCCOc1ccnc2c1c(=O)n(Cc1ccc(F)cc1)c(=O)n2C. The molecule has 0 atom stereocenters. The molecule has 3 rings (SSSR count). The van der Waals surface area contributed by atoms with Crippen LogP contribution in [-0.4, -0.2) is 20.7 Å². The molecule has 0 aliphatic rings. The summed E-state index contributed by atoms with van der Waals surface area (Å²) < 4.78 is 21.1. The van der Waals surface area contributed by atoms with Gasteiger partial charge in [-0.3, -0.25) is 13.9 Å². The largest absolute Gasteiger partial charge is 0.493 e. The molecule has 3 aromatic rings. The Balaban J connectivity index is 2.20. The molecule has 7 heteroatoms. The lowest BCUT2D eigenvalue weighted by atomic mass is 10.2. The van der Waals surface area contributed by atoms with Crippen LogP contribution in [0.2, 0.25) is 0 Å². The van der Waals surface area contributed by atoms with Crippen molar-refractivity contribution in [3.05, 3.63) is 68.7 Å². The zero-order valence-electron chi connectivity index (χ0n) is 14.0. The van der Waals surface area contributed by atoms with Gasteiger partial charge in [0.15, 0.2) is 5.65 Å². The Bertz CT molecular complexity index is 1020. The molecule has 0 spiro atoms. The number of aryl methyl sites for hydroxylation is 1. The molecular weight excluding hydrogens is 325 g/mol. The highest BCUT2D eigenvalue weighted by atomic mass is 19.1. The Labute approximate surface area is 143 Å². The lowest BCUT2D eigenvalue weighted by Crippen LogP contribution is -2.39. The lowest BCUT2D eigenvalue weighted by Gasteiger charge is -2.13. The summed E-state index contributed by atoms with van der Waals surface area (Å²) in [6.07, 6.45) is 2.30. The van der Waals surface area contributed by atoms with Crippen molar-refractivity contribution >= 4 is 11.0 Å². The number of pyridine rings is 1. The summed E-state index contributed by atoms with van der Waals surface area (Å²) in [6, 6.07) is 7.30. The second kappa shape index (κ2) is 6.88. The van der Waals surface area contributed by atoms with Crippen LogP contribution in [-0.2, 0) is 13.6 Å². The van der Waals surface area contributed by atoms with Crippen LogP contribution in [0.5, 0.6) is 5.75 Å². The highest BCUT2D eigenvalue weighted by molar-refractivity contribution is 5.81. The summed E-state index contributed by atoms with van der Waals surface area (Å²) in [4.78, 5) is 29.6. The quantitative estimate of drug-likeness (QED) is 0.711. The monoisotopic (exact) mass is 343 g/mol. The molecule has 0 aliphatic carbocycles.